The lowest BCUT2D eigenvalue weighted by molar-refractivity contribution is -0.137. The normalized spacial score (nSPS) is 15.9. The number of rotatable bonds is 4. The van der Waals surface area contributed by atoms with Gasteiger partial charge in [0.15, 0.2) is 0 Å². The van der Waals surface area contributed by atoms with E-state index in [9.17, 15) is 14.4 Å². The fraction of sp³-hybridized carbons (Fsp3) is 0.400. The number of hydrogen-bond donors (Lipinski definition) is 0. The molecule has 1 aromatic rings. The maximum Gasteiger partial charge on any atom is 0.379 e. The van der Waals surface area contributed by atoms with Crippen molar-refractivity contribution in [3.05, 3.63) is 29.8 Å². The number of amides is 1. The SMILES string of the molecule is CCOC(=O)C(=O)c1cccc(N2CCN(C)CC2=O)c1. The second-order valence-corrected chi connectivity index (χ2v) is 4.88. The van der Waals surface area contributed by atoms with Crippen LogP contribution in [0.3, 0.4) is 0 Å². The zero-order valence-electron chi connectivity index (χ0n) is 12.2. The summed E-state index contributed by atoms with van der Waals surface area (Å²) in [7, 11) is 1.88. The van der Waals surface area contributed by atoms with Crippen molar-refractivity contribution in [1.29, 1.82) is 0 Å². The van der Waals surface area contributed by atoms with Crippen molar-refractivity contribution < 1.29 is 19.1 Å². The average Bonchev–Trinajstić information content (AvgIpc) is 2.47. The van der Waals surface area contributed by atoms with Crippen LogP contribution in [0, 0.1) is 0 Å². The summed E-state index contributed by atoms with van der Waals surface area (Å²) < 4.78 is 4.70. The van der Waals surface area contributed by atoms with E-state index in [1.54, 1.807) is 36.1 Å². The van der Waals surface area contributed by atoms with Gasteiger partial charge in [0.1, 0.15) is 0 Å². The first kappa shape index (κ1) is 15.2. The van der Waals surface area contributed by atoms with Gasteiger partial charge in [0.25, 0.3) is 5.78 Å². The number of benzene rings is 1. The van der Waals surface area contributed by atoms with Crippen molar-refractivity contribution >= 4 is 23.3 Å². The zero-order chi connectivity index (χ0) is 15.4. The molecule has 0 atom stereocenters. The highest BCUT2D eigenvalue weighted by molar-refractivity contribution is 6.40. The van der Waals surface area contributed by atoms with Crippen LogP contribution in [0.1, 0.15) is 17.3 Å². The van der Waals surface area contributed by atoms with Crippen molar-refractivity contribution in [3.63, 3.8) is 0 Å². The standard InChI is InChI=1S/C15H18N2O4/c1-3-21-15(20)14(19)11-5-4-6-12(9-11)17-8-7-16(2)10-13(17)18/h4-6,9H,3,7-8,10H2,1-2H3. The van der Waals surface area contributed by atoms with Crippen molar-refractivity contribution in [3.8, 4) is 0 Å². The van der Waals surface area contributed by atoms with Gasteiger partial charge in [0.2, 0.25) is 5.91 Å². The van der Waals surface area contributed by atoms with Crippen LogP contribution in [0.25, 0.3) is 0 Å². The molecule has 1 heterocycles. The van der Waals surface area contributed by atoms with Crippen molar-refractivity contribution in [2.24, 2.45) is 0 Å². The molecule has 0 spiro atoms. The van der Waals surface area contributed by atoms with E-state index in [0.717, 1.165) is 6.54 Å². The van der Waals surface area contributed by atoms with E-state index in [0.29, 0.717) is 18.8 Å². The van der Waals surface area contributed by atoms with Crippen LogP contribution in [0.2, 0.25) is 0 Å². The Morgan fingerprint density at radius 1 is 1.29 bits per heavy atom. The summed E-state index contributed by atoms with van der Waals surface area (Å²) in [5.41, 5.74) is 0.862. The summed E-state index contributed by atoms with van der Waals surface area (Å²) >= 11 is 0. The number of carbonyl (C=O) groups excluding carboxylic acids is 3. The predicted octanol–water partition coefficient (Wildman–Crippen LogP) is 0.711. The van der Waals surface area contributed by atoms with E-state index in [1.807, 2.05) is 11.9 Å². The van der Waals surface area contributed by atoms with Gasteiger partial charge in [-0.25, -0.2) is 4.79 Å². The Kier molecular flexibility index (Phi) is 4.70. The second-order valence-electron chi connectivity index (χ2n) is 4.88. The Hall–Kier alpha value is -2.21. The van der Waals surface area contributed by atoms with Crippen LogP contribution >= 0.6 is 0 Å². The third-order valence-corrected chi connectivity index (χ3v) is 3.29. The number of anilines is 1. The van der Waals surface area contributed by atoms with Crippen molar-refractivity contribution in [2.45, 2.75) is 6.92 Å². The number of nitrogens with zero attached hydrogens (tertiary/aromatic N) is 2. The zero-order valence-corrected chi connectivity index (χ0v) is 12.2. The number of likely N-dealkylation sites (N-methyl/N-ethyl adjacent to an activating group) is 1. The summed E-state index contributed by atoms with van der Waals surface area (Å²) in [4.78, 5) is 39.0. The van der Waals surface area contributed by atoms with Gasteiger partial charge in [-0.3, -0.25) is 14.5 Å². The molecule has 0 unspecified atom stereocenters. The number of piperazine rings is 1. The third kappa shape index (κ3) is 3.46. The molecular formula is C15H18N2O4. The summed E-state index contributed by atoms with van der Waals surface area (Å²) in [5, 5.41) is 0. The second kappa shape index (κ2) is 6.49. The van der Waals surface area contributed by atoms with Gasteiger partial charge in [0, 0.05) is 24.3 Å². The summed E-state index contributed by atoms with van der Waals surface area (Å²) in [5.74, 6) is -1.59. The molecule has 0 N–H and O–H groups in total. The summed E-state index contributed by atoms with van der Waals surface area (Å²) in [6.45, 7) is 3.47. The number of Topliss-reactive ketones (excluding diaryl/α,β-unsaturated/α-hetero) is 1. The number of carbonyl (C=O) groups is 3. The number of ketones is 1. The molecule has 1 aliphatic rings. The average molecular weight is 290 g/mol. The van der Waals surface area contributed by atoms with Crippen LogP contribution in [0.15, 0.2) is 24.3 Å². The van der Waals surface area contributed by atoms with Gasteiger partial charge in [-0.05, 0) is 26.1 Å². The van der Waals surface area contributed by atoms with E-state index < -0.39 is 11.8 Å². The van der Waals surface area contributed by atoms with Crippen LogP contribution < -0.4 is 4.90 Å². The Morgan fingerprint density at radius 2 is 2.05 bits per heavy atom. The minimum absolute atomic E-state index is 0.0236. The fourth-order valence-corrected chi connectivity index (χ4v) is 2.19. The van der Waals surface area contributed by atoms with Crippen LogP contribution in [-0.4, -0.2) is 55.8 Å². The molecule has 0 saturated carbocycles. The molecule has 1 fully saturated rings. The van der Waals surface area contributed by atoms with Gasteiger partial charge in [-0.2, -0.15) is 0 Å². The highest BCUT2D eigenvalue weighted by Crippen LogP contribution is 2.19. The summed E-state index contributed by atoms with van der Waals surface area (Å²) in [6, 6.07) is 6.52. The van der Waals surface area contributed by atoms with E-state index in [1.165, 1.54) is 0 Å². The first-order chi connectivity index (χ1) is 10.0. The van der Waals surface area contributed by atoms with Crippen LogP contribution in [-0.2, 0) is 14.3 Å². The van der Waals surface area contributed by atoms with Crippen LogP contribution in [0.4, 0.5) is 5.69 Å². The van der Waals surface area contributed by atoms with Crippen molar-refractivity contribution in [2.75, 3.05) is 38.2 Å². The van der Waals surface area contributed by atoms with E-state index in [2.05, 4.69) is 0 Å². The molecule has 6 heteroatoms. The van der Waals surface area contributed by atoms with E-state index in [-0.39, 0.29) is 18.1 Å². The smallest absolute Gasteiger partial charge is 0.379 e. The minimum Gasteiger partial charge on any atom is -0.460 e. The maximum atomic E-state index is 12.0. The van der Waals surface area contributed by atoms with Crippen molar-refractivity contribution in [1.82, 2.24) is 4.90 Å². The molecule has 0 aliphatic carbocycles. The molecule has 0 radical (unpaired) electrons. The van der Waals surface area contributed by atoms with Gasteiger partial charge >= 0.3 is 5.97 Å². The molecule has 6 nitrogen and oxygen atoms in total. The van der Waals surface area contributed by atoms with E-state index >= 15 is 0 Å². The predicted molar refractivity (Wildman–Crippen MR) is 77.3 cm³/mol. The number of esters is 1. The highest BCUT2D eigenvalue weighted by atomic mass is 16.5. The van der Waals surface area contributed by atoms with Crippen LogP contribution in [0.5, 0.6) is 0 Å². The molecule has 1 aliphatic heterocycles. The Morgan fingerprint density at radius 3 is 2.71 bits per heavy atom. The largest absolute Gasteiger partial charge is 0.460 e. The molecule has 1 aromatic carbocycles. The molecule has 2 rings (SSSR count). The Balaban J connectivity index is 2.20. The lowest BCUT2D eigenvalue weighted by Gasteiger charge is -2.32. The highest BCUT2D eigenvalue weighted by Gasteiger charge is 2.24. The molecule has 1 saturated heterocycles. The lowest BCUT2D eigenvalue weighted by Crippen LogP contribution is -2.48. The van der Waals surface area contributed by atoms with Gasteiger partial charge < -0.3 is 9.64 Å². The summed E-state index contributed by atoms with van der Waals surface area (Å²) in [6.07, 6.45) is 0. The first-order valence-corrected chi connectivity index (χ1v) is 6.83. The first-order valence-electron chi connectivity index (χ1n) is 6.83. The van der Waals surface area contributed by atoms with Gasteiger partial charge in [-0.15, -0.1) is 0 Å². The Bertz CT molecular complexity index is 571. The quantitative estimate of drug-likeness (QED) is 0.464. The monoisotopic (exact) mass is 290 g/mol. The number of hydrogen-bond acceptors (Lipinski definition) is 5. The fourth-order valence-electron chi connectivity index (χ4n) is 2.19. The van der Waals surface area contributed by atoms with Gasteiger partial charge in [0.05, 0.1) is 13.2 Å². The lowest BCUT2D eigenvalue weighted by atomic mass is 10.1. The Labute approximate surface area is 123 Å². The molecule has 21 heavy (non-hydrogen) atoms. The molecule has 0 bridgehead atoms. The maximum absolute atomic E-state index is 12.0. The topological polar surface area (TPSA) is 66.9 Å². The number of ether oxygens (including phenoxy) is 1. The minimum atomic E-state index is -0.876. The third-order valence-electron chi connectivity index (χ3n) is 3.29. The van der Waals surface area contributed by atoms with Gasteiger partial charge in [-0.1, -0.05) is 12.1 Å². The van der Waals surface area contributed by atoms with E-state index in [4.69, 9.17) is 4.74 Å². The molecule has 112 valence electrons. The molecular weight excluding hydrogens is 272 g/mol. The molecule has 0 aromatic heterocycles. The molecule has 1 amide bonds.